The van der Waals surface area contributed by atoms with Crippen molar-refractivity contribution in [3.63, 3.8) is 0 Å². The molecule has 0 amide bonds. The van der Waals surface area contributed by atoms with Gasteiger partial charge in [-0.25, -0.2) is 13.4 Å². The molecule has 1 fully saturated rings. The first-order valence-electron chi connectivity index (χ1n) is 9.36. The second kappa shape index (κ2) is 8.14. The van der Waals surface area contributed by atoms with Crippen molar-refractivity contribution < 1.29 is 8.42 Å². The number of piperazine rings is 1. The SMILES string of the molecule is Cc1cccc(S(=O)(=O)N2CCN(c3ccc(Nc4ccccn4)nn3)CC2)c1. The number of rotatable bonds is 5. The van der Waals surface area contributed by atoms with Crippen LogP contribution in [0.15, 0.2) is 65.7 Å². The van der Waals surface area contributed by atoms with Gasteiger partial charge in [-0.3, -0.25) is 0 Å². The molecular formula is C20H22N6O2S. The van der Waals surface area contributed by atoms with Crippen LogP contribution in [0.4, 0.5) is 17.5 Å². The first kappa shape index (κ1) is 19.3. The molecule has 1 saturated heterocycles. The predicted octanol–water partition coefficient (Wildman–Crippen LogP) is 2.43. The summed E-state index contributed by atoms with van der Waals surface area (Å²) in [6.07, 6.45) is 1.70. The molecule has 9 heteroatoms. The summed E-state index contributed by atoms with van der Waals surface area (Å²) in [6.45, 7) is 3.83. The highest BCUT2D eigenvalue weighted by Gasteiger charge is 2.29. The molecule has 0 atom stereocenters. The lowest BCUT2D eigenvalue weighted by Gasteiger charge is -2.34. The fraction of sp³-hybridized carbons (Fsp3) is 0.250. The molecule has 0 radical (unpaired) electrons. The number of sulfonamides is 1. The van der Waals surface area contributed by atoms with Crippen molar-refractivity contribution in [2.75, 3.05) is 36.4 Å². The van der Waals surface area contributed by atoms with Gasteiger partial charge in [0.1, 0.15) is 5.82 Å². The van der Waals surface area contributed by atoms with E-state index in [1.54, 1.807) is 24.4 Å². The molecule has 0 bridgehead atoms. The topological polar surface area (TPSA) is 91.3 Å². The zero-order chi connectivity index (χ0) is 20.3. The standard InChI is InChI=1S/C20H22N6O2S/c1-16-5-4-6-17(15-16)29(27,28)26-13-11-25(12-14-26)20-9-8-19(23-24-20)22-18-7-2-3-10-21-18/h2-10,15H,11-14H2,1H3,(H,21,22,23). The summed E-state index contributed by atoms with van der Waals surface area (Å²) in [4.78, 5) is 6.58. The number of pyridine rings is 1. The Kier molecular flexibility index (Phi) is 5.41. The molecule has 0 aliphatic carbocycles. The van der Waals surface area contributed by atoms with E-state index in [4.69, 9.17) is 0 Å². The maximum atomic E-state index is 12.9. The predicted molar refractivity (Wildman–Crippen MR) is 112 cm³/mol. The normalized spacial score (nSPS) is 15.3. The lowest BCUT2D eigenvalue weighted by molar-refractivity contribution is 0.383. The minimum absolute atomic E-state index is 0.343. The molecule has 0 spiro atoms. The van der Waals surface area contributed by atoms with E-state index < -0.39 is 10.0 Å². The van der Waals surface area contributed by atoms with Gasteiger partial charge in [-0.2, -0.15) is 4.31 Å². The maximum absolute atomic E-state index is 12.9. The molecule has 1 aliphatic rings. The number of hydrogen-bond donors (Lipinski definition) is 1. The highest BCUT2D eigenvalue weighted by atomic mass is 32.2. The van der Waals surface area contributed by atoms with E-state index >= 15 is 0 Å². The van der Waals surface area contributed by atoms with Crippen LogP contribution in [0.2, 0.25) is 0 Å². The first-order chi connectivity index (χ1) is 14.0. The van der Waals surface area contributed by atoms with Crippen molar-refractivity contribution in [2.24, 2.45) is 0 Å². The largest absolute Gasteiger partial charge is 0.352 e. The van der Waals surface area contributed by atoms with Crippen LogP contribution in [0.1, 0.15) is 5.56 Å². The number of benzene rings is 1. The Morgan fingerprint density at radius 1 is 0.897 bits per heavy atom. The lowest BCUT2D eigenvalue weighted by Crippen LogP contribution is -2.49. The van der Waals surface area contributed by atoms with E-state index in [1.165, 1.54) is 4.31 Å². The van der Waals surface area contributed by atoms with Gasteiger partial charge in [0.05, 0.1) is 4.90 Å². The lowest BCUT2D eigenvalue weighted by atomic mass is 10.2. The van der Waals surface area contributed by atoms with Crippen LogP contribution in [-0.2, 0) is 10.0 Å². The van der Waals surface area contributed by atoms with Crippen LogP contribution in [0.3, 0.4) is 0 Å². The zero-order valence-electron chi connectivity index (χ0n) is 16.1. The Morgan fingerprint density at radius 2 is 1.72 bits per heavy atom. The highest BCUT2D eigenvalue weighted by molar-refractivity contribution is 7.89. The van der Waals surface area contributed by atoms with Crippen LogP contribution in [-0.4, -0.2) is 54.1 Å². The third kappa shape index (κ3) is 4.36. The van der Waals surface area contributed by atoms with Crippen molar-refractivity contribution >= 4 is 27.5 Å². The van der Waals surface area contributed by atoms with Crippen molar-refractivity contribution in [1.29, 1.82) is 0 Å². The fourth-order valence-corrected chi connectivity index (χ4v) is 4.74. The molecule has 8 nitrogen and oxygen atoms in total. The van der Waals surface area contributed by atoms with Gasteiger partial charge in [0.15, 0.2) is 11.6 Å². The minimum atomic E-state index is -3.48. The van der Waals surface area contributed by atoms with Crippen molar-refractivity contribution in [3.05, 3.63) is 66.4 Å². The fourth-order valence-electron chi connectivity index (χ4n) is 3.21. The van der Waals surface area contributed by atoms with Gasteiger partial charge < -0.3 is 10.2 Å². The molecule has 1 aromatic carbocycles. The Labute approximate surface area is 170 Å². The van der Waals surface area contributed by atoms with E-state index in [-0.39, 0.29) is 0 Å². The number of nitrogens with one attached hydrogen (secondary N) is 1. The summed E-state index contributed by atoms with van der Waals surface area (Å²) in [7, 11) is -3.48. The number of hydrogen-bond acceptors (Lipinski definition) is 7. The number of aryl methyl sites for hydroxylation is 1. The molecule has 1 aliphatic heterocycles. The van der Waals surface area contributed by atoms with Gasteiger partial charge in [0.25, 0.3) is 0 Å². The number of nitrogens with zero attached hydrogens (tertiary/aromatic N) is 5. The van der Waals surface area contributed by atoms with Gasteiger partial charge in [0.2, 0.25) is 10.0 Å². The monoisotopic (exact) mass is 410 g/mol. The summed E-state index contributed by atoms with van der Waals surface area (Å²) < 4.78 is 27.3. The average Bonchev–Trinajstić information content (AvgIpc) is 2.75. The Hall–Kier alpha value is -3.04. The summed E-state index contributed by atoms with van der Waals surface area (Å²) in [5, 5.41) is 11.6. The number of anilines is 3. The summed E-state index contributed by atoms with van der Waals surface area (Å²) in [5.74, 6) is 2.03. The third-order valence-corrected chi connectivity index (χ3v) is 6.66. The summed E-state index contributed by atoms with van der Waals surface area (Å²) >= 11 is 0. The van der Waals surface area contributed by atoms with E-state index in [0.717, 1.165) is 11.4 Å². The van der Waals surface area contributed by atoms with Crippen molar-refractivity contribution in [1.82, 2.24) is 19.5 Å². The van der Waals surface area contributed by atoms with E-state index in [9.17, 15) is 8.42 Å². The Bertz CT molecular complexity index is 1070. The Morgan fingerprint density at radius 3 is 2.38 bits per heavy atom. The summed E-state index contributed by atoms with van der Waals surface area (Å²) in [6, 6.07) is 16.3. The molecule has 3 aromatic rings. The van der Waals surface area contributed by atoms with Crippen molar-refractivity contribution in [2.45, 2.75) is 11.8 Å². The molecule has 3 heterocycles. The van der Waals surface area contributed by atoms with Crippen LogP contribution < -0.4 is 10.2 Å². The van der Waals surface area contributed by atoms with E-state index in [2.05, 4.69) is 20.5 Å². The van der Waals surface area contributed by atoms with Crippen LogP contribution in [0.5, 0.6) is 0 Å². The first-order valence-corrected chi connectivity index (χ1v) is 10.8. The third-order valence-electron chi connectivity index (χ3n) is 4.76. The van der Waals surface area contributed by atoms with Crippen LogP contribution >= 0.6 is 0 Å². The molecule has 150 valence electrons. The second-order valence-corrected chi connectivity index (χ2v) is 8.76. The highest BCUT2D eigenvalue weighted by Crippen LogP contribution is 2.21. The quantitative estimate of drug-likeness (QED) is 0.691. The molecule has 1 N–H and O–H groups in total. The minimum Gasteiger partial charge on any atom is -0.352 e. The van der Waals surface area contributed by atoms with Crippen LogP contribution in [0, 0.1) is 6.92 Å². The molecule has 2 aromatic heterocycles. The van der Waals surface area contributed by atoms with Gasteiger partial charge in [-0.05, 0) is 48.9 Å². The van der Waals surface area contributed by atoms with Gasteiger partial charge in [-0.15, -0.1) is 10.2 Å². The van der Waals surface area contributed by atoms with E-state index in [0.29, 0.717) is 42.7 Å². The maximum Gasteiger partial charge on any atom is 0.243 e. The van der Waals surface area contributed by atoms with Gasteiger partial charge in [0, 0.05) is 32.4 Å². The average molecular weight is 411 g/mol. The second-order valence-electron chi connectivity index (χ2n) is 6.82. The number of aromatic nitrogens is 3. The summed E-state index contributed by atoms with van der Waals surface area (Å²) in [5.41, 5.74) is 0.930. The molecular weight excluding hydrogens is 388 g/mol. The van der Waals surface area contributed by atoms with Crippen molar-refractivity contribution in [3.8, 4) is 0 Å². The Balaban J connectivity index is 1.39. The molecule has 0 unspecified atom stereocenters. The molecule has 29 heavy (non-hydrogen) atoms. The molecule has 0 saturated carbocycles. The zero-order valence-corrected chi connectivity index (χ0v) is 16.9. The van der Waals surface area contributed by atoms with Gasteiger partial charge in [-0.1, -0.05) is 18.2 Å². The molecule has 4 rings (SSSR count). The smallest absolute Gasteiger partial charge is 0.243 e. The van der Waals surface area contributed by atoms with E-state index in [1.807, 2.05) is 48.2 Å². The van der Waals surface area contributed by atoms with Gasteiger partial charge >= 0.3 is 0 Å². The van der Waals surface area contributed by atoms with Crippen LogP contribution in [0.25, 0.3) is 0 Å².